The number of ether oxygens (including phenoxy) is 1. The monoisotopic (exact) mass is 328 g/mol. The summed E-state index contributed by atoms with van der Waals surface area (Å²) in [5, 5.41) is 0. The number of halogens is 1. The number of aryl methyl sites for hydroxylation is 1. The molecule has 2 heterocycles. The van der Waals surface area contributed by atoms with Crippen LogP contribution >= 0.6 is 15.9 Å². The van der Waals surface area contributed by atoms with Crippen molar-refractivity contribution < 1.29 is 14.3 Å². The number of likely N-dealkylation sites (tertiary alicyclic amines) is 1. The van der Waals surface area contributed by atoms with Crippen molar-refractivity contribution in [3.05, 3.63) is 22.4 Å². The summed E-state index contributed by atoms with van der Waals surface area (Å²) in [4.78, 5) is 25.8. The fraction of sp³-hybridized carbons (Fsp3) is 0.538. The van der Waals surface area contributed by atoms with E-state index in [2.05, 4.69) is 15.9 Å². The van der Waals surface area contributed by atoms with Crippen LogP contribution in [0.15, 0.2) is 16.7 Å². The van der Waals surface area contributed by atoms with Crippen LogP contribution in [0.25, 0.3) is 0 Å². The molecule has 0 spiro atoms. The van der Waals surface area contributed by atoms with Crippen molar-refractivity contribution in [3.63, 3.8) is 0 Å². The molecule has 2 rings (SSSR count). The number of carbonyl (C=O) groups is 2. The Hall–Kier alpha value is -1.30. The lowest BCUT2D eigenvalue weighted by Gasteiger charge is -2.23. The van der Waals surface area contributed by atoms with Crippen LogP contribution in [0.2, 0.25) is 0 Å². The number of carbonyl (C=O) groups excluding carboxylic acids is 2. The Kier molecular flexibility index (Phi) is 4.29. The average Bonchev–Trinajstić information content (AvgIpc) is 3.02. The predicted molar refractivity (Wildman–Crippen MR) is 73.9 cm³/mol. The maximum Gasteiger partial charge on any atom is 0.328 e. The van der Waals surface area contributed by atoms with E-state index in [4.69, 9.17) is 4.74 Å². The molecule has 1 aliphatic heterocycles. The topological polar surface area (TPSA) is 51.5 Å². The first-order valence-corrected chi connectivity index (χ1v) is 7.12. The van der Waals surface area contributed by atoms with Crippen molar-refractivity contribution >= 4 is 27.8 Å². The lowest BCUT2D eigenvalue weighted by molar-refractivity contribution is -0.145. The third-order valence-electron chi connectivity index (χ3n) is 3.41. The van der Waals surface area contributed by atoms with Gasteiger partial charge in [-0.1, -0.05) is 0 Å². The van der Waals surface area contributed by atoms with E-state index in [0.717, 1.165) is 10.9 Å². The van der Waals surface area contributed by atoms with Gasteiger partial charge in [0, 0.05) is 23.8 Å². The van der Waals surface area contributed by atoms with Gasteiger partial charge < -0.3 is 14.2 Å². The maximum absolute atomic E-state index is 12.5. The molecule has 0 N–H and O–H groups in total. The fourth-order valence-electron chi connectivity index (χ4n) is 2.45. The first kappa shape index (κ1) is 14.1. The molecule has 0 bridgehead atoms. The Morgan fingerprint density at radius 1 is 1.53 bits per heavy atom. The van der Waals surface area contributed by atoms with Gasteiger partial charge in [-0.25, -0.2) is 4.79 Å². The van der Waals surface area contributed by atoms with E-state index in [1.165, 1.54) is 7.11 Å². The van der Waals surface area contributed by atoms with E-state index in [1.54, 1.807) is 11.0 Å². The van der Waals surface area contributed by atoms with Crippen molar-refractivity contribution in [1.29, 1.82) is 0 Å². The van der Waals surface area contributed by atoms with Gasteiger partial charge in [0.15, 0.2) is 0 Å². The zero-order chi connectivity index (χ0) is 14.0. The zero-order valence-electron chi connectivity index (χ0n) is 11.1. The number of methoxy groups -OCH3 is 1. The number of amides is 1. The summed E-state index contributed by atoms with van der Waals surface area (Å²) in [7, 11) is 1.36. The minimum absolute atomic E-state index is 0.111. The molecule has 6 heteroatoms. The third-order valence-corrected chi connectivity index (χ3v) is 3.84. The largest absolute Gasteiger partial charge is 0.467 e. The third kappa shape index (κ3) is 2.68. The second kappa shape index (κ2) is 5.77. The normalized spacial score (nSPS) is 18.7. The number of hydrogen-bond donors (Lipinski definition) is 0. The number of esters is 1. The second-order valence-electron chi connectivity index (χ2n) is 4.51. The standard InChI is InChI=1S/C13H17BrN2O3/c1-3-15-8-9(14)7-11(15)12(17)16-6-4-5-10(16)13(18)19-2/h7-8,10H,3-6H2,1-2H3. The van der Waals surface area contributed by atoms with Crippen LogP contribution in [-0.4, -0.2) is 41.0 Å². The summed E-state index contributed by atoms with van der Waals surface area (Å²) in [6.07, 6.45) is 3.38. The van der Waals surface area contributed by atoms with Crippen LogP contribution in [0.5, 0.6) is 0 Å². The van der Waals surface area contributed by atoms with Crippen LogP contribution < -0.4 is 0 Å². The Morgan fingerprint density at radius 3 is 2.89 bits per heavy atom. The van der Waals surface area contributed by atoms with Crippen LogP contribution in [0.3, 0.4) is 0 Å². The van der Waals surface area contributed by atoms with Crippen LogP contribution in [-0.2, 0) is 16.1 Å². The highest BCUT2D eigenvalue weighted by Crippen LogP contribution is 2.23. The number of aromatic nitrogens is 1. The van der Waals surface area contributed by atoms with Gasteiger partial charge in [0.1, 0.15) is 11.7 Å². The van der Waals surface area contributed by atoms with Crippen LogP contribution in [0.4, 0.5) is 0 Å². The Morgan fingerprint density at radius 2 is 2.26 bits per heavy atom. The van der Waals surface area contributed by atoms with Gasteiger partial charge in [-0.3, -0.25) is 4.79 Å². The molecule has 1 atom stereocenters. The zero-order valence-corrected chi connectivity index (χ0v) is 12.6. The lowest BCUT2D eigenvalue weighted by Crippen LogP contribution is -2.41. The smallest absolute Gasteiger partial charge is 0.328 e. The molecule has 0 radical (unpaired) electrons. The molecule has 1 aliphatic rings. The fourth-order valence-corrected chi connectivity index (χ4v) is 2.92. The Balaban J connectivity index is 2.25. The van der Waals surface area contributed by atoms with Crippen molar-refractivity contribution in [1.82, 2.24) is 9.47 Å². The Bertz CT molecular complexity index is 498. The molecule has 1 fully saturated rings. The second-order valence-corrected chi connectivity index (χ2v) is 5.42. The highest BCUT2D eigenvalue weighted by Gasteiger charge is 2.36. The summed E-state index contributed by atoms with van der Waals surface area (Å²) < 4.78 is 7.50. The molecule has 1 aromatic heterocycles. The molecule has 1 amide bonds. The van der Waals surface area contributed by atoms with E-state index < -0.39 is 6.04 Å². The molecule has 0 aliphatic carbocycles. The number of rotatable bonds is 3. The summed E-state index contributed by atoms with van der Waals surface area (Å²) in [6.45, 7) is 3.29. The molecule has 0 aromatic carbocycles. The van der Waals surface area contributed by atoms with Crippen molar-refractivity contribution in [2.75, 3.05) is 13.7 Å². The van der Waals surface area contributed by atoms with E-state index in [-0.39, 0.29) is 11.9 Å². The van der Waals surface area contributed by atoms with Crippen molar-refractivity contribution in [2.45, 2.75) is 32.4 Å². The first-order valence-electron chi connectivity index (χ1n) is 6.33. The highest BCUT2D eigenvalue weighted by molar-refractivity contribution is 9.10. The number of nitrogens with zero attached hydrogens (tertiary/aromatic N) is 2. The molecular weight excluding hydrogens is 312 g/mol. The molecule has 1 aromatic rings. The van der Waals surface area contributed by atoms with Gasteiger partial charge in [0.05, 0.1) is 7.11 Å². The quantitative estimate of drug-likeness (QED) is 0.798. The van der Waals surface area contributed by atoms with E-state index in [0.29, 0.717) is 25.2 Å². The van der Waals surface area contributed by atoms with E-state index in [1.807, 2.05) is 17.7 Å². The highest BCUT2D eigenvalue weighted by atomic mass is 79.9. The van der Waals surface area contributed by atoms with Gasteiger partial charge in [0.2, 0.25) is 0 Å². The molecule has 0 saturated carbocycles. The summed E-state index contributed by atoms with van der Waals surface area (Å²) in [6, 6.07) is 1.34. The van der Waals surface area contributed by atoms with Crippen molar-refractivity contribution in [2.24, 2.45) is 0 Å². The van der Waals surface area contributed by atoms with Gasteiger partial charge >= 0.3 is 5.97 Å². The van der Waals surface area contributed by atoms with Gasteiger partial charge in [-0.05, 0) is 41.8 Å². The molecule has 1 unspecified atom stereocenters. The van der Waals surface area contributed by atoms with Gasteiger partial charge in [-0.2, -0.15) is 0 Å². The van der Waals surface area contributed by atoms with E-state index in [9.17, 15) is 9.59 Å². The van der Waals surface area contributed by atoms with Gasteiger partial charge in [-0.15, -0.1) is 0 Å². The van der Waals surface area contributed by atoms with Crippen molar-refractivity contribution in [3.8, 4) is 0 Å². The minimum Gasteiger partial charge on any atom is -0.467 e. The molecule has 19 heavy (non-hydrogen) atoms. The van der Waals surface area contributed by atoms with Crippen LogP contribution in [0, 0.1) is 0 Å². The Labute approximate surface area is 120 Å². The minimum atomic E-state index is -0.448. The summed E-state index contributed by atoms with van der Waals surface area (Å²) in [5.74, 6) is -0.444. The average molecular weight is 329 g/mol. The number of hydrogen-bond acceptors (Lipinski definition) is 3. The maximum atomic E-state index is 12.5. The molecule has 104 valence electrons. The lowest BCUT2D eigenvalue weighted by atomic mass is 10.2. The molecule has 5 nitrogen and oxygen atoms in total. The SMILES string of the molecule is CCn1cc(Br)cc1C(=O)N1CCCC1C(=O)OC. The molecule has 1 saturated heterocycles. The molecular formula is C13H17BrN2O3. The summed E-state index contributed by atoms with van der Waals surface area (Å²) in [5.41, 5.74) is 0.602. The van der Waals surface area contributed by atoms with E-state index >= 15 is 0 Å². The van der Waals surface area contributed by atoms with Gasteiger partial charge in [0.25, 0.3) is 5.91 Å². The predicted octanol–water partition coefficient (Wildman–Crippen LogP) is 2.05. The first-order chi connectivity index (χ1) is 9.08. The summed E-state index contributed by atoms with van der Waals surface area (Å²) >= 11 is 3.38. The van der Waals surface area contributed by atoms with Crippen LogP contribution in [0.1, 0.15) is 30.3 Å².